The van der Waals surface area contributed by atoms with Crippen LogP contribution in [0.15, 0.2) is 29.2 Å². The third-order valence-electron chi connectivity index (χ3n) is 3.34. The van der Waals surface area contributed by atoms with Crippen LogP contribution < -0.4 is 5.32 Å². The largest absolute Gasteiger partial charge is 0.384 e. The van der Waals surface area contributed by atoms with E-state index in [1.165, 1.54) is 31.9 Å². The van der Waals surface area contributed by atoms with Gasteiger partial charge in [0.05, 0.1) is 10.6 Å². The van der Waals surface area contributed by atoms with Gasteiger partial charge in [0.1, 0.15) is 0 Å². The number of rotatable bonds is 4. The summed E-state index contributed by atoms with van der Waals surface area (Å²) in [6.45, 7) is 0.881. The van der Waals surface area contributed by atoms with E-state index < -0.39 is 9.84 Å². The fourth-order valence-electron chi connectivity index (χ4n) is 2.40. The number of para-hydroxylation sites is 1. The van der Waals surface area contributed by atoms with E-state index in [-0.39, 0.29) is 0 Å². The Hall–Kier alpha value is -1.03. The number of benzene rings is 1. The summed E-state index contributed by atoms with van der Waals surface area (Å²) in [4.78, 5) is 0.401. The van der Waals surface area contributed by atoms with Crippen molar-refractivity contribution in [1.29, 1.82) is 0 Å². The van der Waals surface area contributed by atoms with E-state index in [9.17, 15) is 8.42 Å². The minimum absolute atomic E-state index is 0.401. The zero-order valence-corrected chi connectivity index (χ0v) is 11.0. The number of anilines is 1. The lowest BCUT2D eigenvalue weighted by Crippen LogP contribution is -2.13. The van der Waals surface area contributed by atoms with Crippen molar-refractivity contribution in [3.8, 4) is 0 Å². The molecule has 1 aliphatic rings. The first-order valence-electron chi connectivity index (χ1n) is 6.10. The molecule has 0 saturated heterocycles. The summed E-state index contributed by atoms with van der Waals surface area (Å²) in [6, 6.07) is 7.13. The molecule has 0 atom stereocenters. The monoisotopic (exact) mass is 253 g/mol. The van der Waals surface area contributed by atoms with E-state index in [1.54, 1.807) is 12.1 Å². The van der Waals surface area contributed by atoms with Crippen molar-refractivity contribution in [1.82, 2.24) is 0 Å². The van der Waals surface area contributed by atoms with Crippen molar-refractivity contribution in [3.05, 3.63) is 24.3 Å². The maximum absolute atomic E-state index is 11.6. The molecule has 0 unspecified atom stereocenters. The maximum Gasteiger partial charge on any atom is 0.177 e. The predicted molar refractivity (Wildman–Crippen MR) is 70.0 cm³/mol. The van der Waals surface area contributed by atoms with Gasteiger partial charge in [0.15, 0.2) is 9.84 Å². The van der Waals surface area contributed by atoms with Gasteiger partial charge in [0.25, 0.3) is 0 Å². The molecule has 0 heterocycles. The number of nitrogens with one attached hydrogen (secondary N) is 1. The first-order valence-corrected chi connectivity index (χ1v) is 7.99. The third kappa shape index (κ3) is 3.22. The highest BCUT2D eigenvalue weighted by atomic mass is 32.2. The molecular weight excluding hydrogens is 234 g/mol. The SMILES string of the molecule is CS(=O)(=O)c1ccccc1NCC1CCCC1. The van der Waals surface area contributed by atoms with Gasteiger partial charge < -0.3 is 5.32 Å². The minimum Gasteiger partial charge on any atom is -0.384 e. The van der Waals surface area contributed by atoms with Crippen molar-refractivity contribution >= 4 is 15.5 Å². The third-order valence-corrected chi connectivity index (χ3v) is 4.50. The fraction of sp³-hybridized carbons (Fsp3) is 0.538. The smallest absolute Gasteiger partial charge is 0.177 e. The molecule has 0 amide bonds. The first kappa shape index (κ1) is 12.4. The Balaban J connectivity index is 2.09. The average Bonchev–Trinajstić information content (AvgIpc) is 2.78. The number of hydrogen-bond donors (Lipinski definition) is 1. The summed E-state index contributed by atoms with van der Waals surface area (Å²) in [5, 5.41) is 3.28. The van der Waals surface area contributed by atoms with E-state index in [2.05, 4.69) is 5.32 Å². The van der Waals surface area contributed by atoms with Crippen LogP contribution in [-0.2, 0) is 9.84 Å². The second-order valence-corrected chi connectivity index (χ2v) is 6.78. The molecule has 17 heavy (non-hydrogen) atoms. The second kappa shape index (κ2) is 5.08. The molecule has 2 rings (SSSR count). The van der Waals surface area contributed by atoms with Gasteiger partial charge in [-0.3, -0.25) is 0 Å². The Morgan fingerprint density at radius 3 is 2.53 bits per heavy atom. The molecule has 1 N–H and O–H groups in total. The molecule has 4 heteroatoms. The van der Waals surface area contributed by atoms with Crippen LogP contribution in [0.4, 0.5) is 5.69 Å². The predicted octanol–water partition coefficient (Wildman–Crippen LogP) is 2.69. The van der Waals surface area contributed by atoms with Crippen molar-refractivity contribution in [2.75, 3.05) is 18.1 Å². The molecule has 0 aliphatic heterocycles. The lowest BCUT2D eigenvalue weighted by Gasteiger charge is -2.14. The van der Waals surface area contributed by atoms with E-state index >= 15 is 0 Å². The molecular formula is C13H19NO2S. The Bertz CT molecular complexity index is 476. The molecule has 1 aromatic carbocycles. The Morgan fingerprint density at radius 2 is 1.88 bits per heavy atom. The van der Waals surface area contributed by atoms with Gasteiger partial charge in [-0.05, 0) is 30.9 Å². The summed E-state index contributed by atoms with van der Waals surface area (Å²) in [7, 11) is -3.14. The lowest BCUT2D eigenvalue weighted by atomic mass is 10.1. The highest BCUT2D eigenvalue weighted by Crippen LogP contribution is 2.26. The van der Waals surface area contributed by atoms with Gasteiger partial charge in [-0.1, -0.05) is 25.0 Å². The van der Waals surface area contributed by atoms with E-state index in [0.717, 1.165) is 12.2 Å². The molecule has 1 aromatic rings. The van der Waals surface area contributed by atoms with E-state index in [1.807, 2.05) is 12.1 Å². The van der Waals surface area contributed by atoms with Crippen LogP contribution >= 0.6 is 0 Å². The minimum atomic E-state index is -3.14. The Labute approximate surface area is 103 Å². The van der Waals surface area contributed by atoms with Gasteiger partial charge in [0, 0.05) is 12.8 Å². The Kier molecular flexibility index (Phi) is 3.72. The van der Waals surface area contributed by atoms with Gasteiger partial charge in [-0.15, -0.1) is 0 Å². The zero-order valence-electron chi connectivity index (χ0n) is 10.1. The molecule has 0 radical (unpaired) electrons. The summed E-state index contributed by atoms with van der Waals surface area (Å²) in [6.07, 6.45) is 6.38. The van der Waals surface area contributed by atoms with Gasteiger partial charge >= 0.3 is 0 Å². The molecule has 3 nitrogen and oxygen atoms in total. The lowest BCUT2D eigenvalue weighted by molar-refractivity contribution is 0.578. The molecule has 1 fully saturated rings. The van der Waals surface area contributed by atoms with Crippen LogP contribution in [-0.4, -0.2) is 21.2 Å². The molecule has 0 spiro atoms. The average molecular weight is 253 g/mol. The molecule has 0 aromatic heterocycles. The molecule has 1 aliphatic carbocycles. The normalized spacial score (nSPS) is 17.2. The van der Waals surface area contributed by atoms with Crippen LogP contribution in [0.1, 0.15) is 25.7 Å². The molecule has 0 bridgehead atoms. The van der Waals surface area contributed by atoms with Gasteiger partial charge in [-0.2, -0.15) is 0 Å². The summed E-state index contributed by atoms with van der Waals surface area (Å²) < 4.78 is 23.2. The van der Waals surface area contributed by atoms with Gasteiger partial charge in [0.2, 0.25) is 0 Å². The van der Waals surface area contributed by atoms with Crippen LogP contribution in [0, 0.1) is 5.92 Å². The fourth-order valence-corrected chi connectivity index (χ4v) is 3.27. The van der Waals surface area contributed by atoms with Crippen LogP contribution in [0.2, 0.25) is 0 Å². The van der Waals surface area contributed by atoms with Crippen molar-refractivity contribution in [3.63, 3.8) is 0 Å². The topological polar surface area (TPSA) is 46.2 Å². The standard InChI is InChI=1S/C13H19NO2S/c1-17(15,16)13-9-5-4-8-12(13)14-10-11-6-2-3-7-11/h4-5,8-9,11,14H,2-3,6-7,10H2,1H3. The van der Waals surface area contributed by atoms with Gasteiger partial charge in [-0.25, -0.2) is 8.42 Å². The highest BCUT2D eigenvalue weighted by molar-refractivity contribution is 7.90. The van der Waals surface area contributed by atoms with E-state index in [4.69, 9.17) is 0 Å². The summed E-state index contributed by atoms with van der Waals surface area (Å²) in [5.74, 6) is 0.697. The highest BCUT2D eigenvalue weighted by Gasteiger charge is 2.16. The van der Waals surface area contributed by atoms with Crippen molar-refractivity contribution in [2.24, 2.45) is 5.92 Å². The Morgan fingerprint density at radius 1 is 1.24 bits per heavy atom. The van der Waals surface area contributed by atoms with E-state index in [0.29, 0.717) is 10.8 Å². The zero-order chi connectivity index (χ0) is 12.3. The molecule has 1 saturated carbocycles. The number of sulfone groups is 1. The van der Waals surface area contributed by atoms with Crippen molar-refractivity contribution < 1.29 is 8.42 Å². The van der Waals surface area contributed by atoms with Crippen molar-refractivity contribution in [2.45, 2.75) is 30.6 Å². The molecule has 94 valence electrons. The quantitative estimate of drug-likeness (QED) is 0.897. The maximum atomic E-state index is 11.6. The van der Waals surface area contributed by atoms with Crippen LogP contribution in [0.25, 0.3) is 0 Å². The number of hydrogen-bond acceptors (Lipinski definition) is 3. The van der Waals surface area contributed by atoms with Crippen LogP contribution in [0.3, 0.4) is 0 Å². The second-order valence-electron chi connectivity index (χ2n) is 4.80. The summed E-state index contributed by atoms with van der Waals surface area (Å²) >= 11 is 0. The summed E-state index contributed by atoms with van der Waals surface area (Å²) in [5.41, 5.74) is 0.738. The van der Waals surface area contributed by atoms with Crippen LogP contribution in [0.5, 0.6) is 0 Å². The first-order chi connectivity index (χ1) is 8.07.